The lowest BCUT2D eigenvalue weighted by atomic mass is 9.91. The Hall–Kier alpha value is -0.260. The molecule has 0 aliphatic carbocycles. The van der Waals surface area contributed by atoms with Gasteiger partial charge < -0.3 is 10.2 Å². The summed E-state index contributed by atoms with van der Waals surface area (Å²) in [6, 6.07) is 0. The third-order valence-corrected chi connectivity index (χ3v) is 6.33. The Balaban J connectivity index is 2.24. The molecule has 3 nitrogen and oxygen atoms in total. The van der Waals surface area contributed by atoms with Crippen molar-refractivity contribution >= 4 is 28.2 Å². The summed E-state index contributed by atoms with van der Waals surface area (Å²) in [5.74, 6) is 1.19. The van der Waals surface area contributed by atoms with Crippen LogP contribution in [0.4, 0.5) is 5.13 Å². The number of nitrogens with zero attached hydrogens (tertiary/aromatic N) is 2. The third kappa shape index (κ3) is 4.36. The van der Waals surface area contributed by atoms with Crippen molar-refractivity contribution in [3.05, 3.63) is 10.6 Å². The van der Waals surface area contributed by atoms with E-state index in [0.29, 0.717) is 4.75 Å². The second-order valence-corrected chi connectivity index (χ2v) is 10.3. The van der Waals surface area contributed by atoms with E-state index in [-0.39, 0.29) is 5.41 Å². The zero-order valence-corrected chi connectivity index (χ0v) is 15.9. The molecule has 0 atom stereocenters. The lowest BCUT2D eigenvalue weighted by molar-refractivity contribution is 0.562. The molecule has 2 heterocycles. The number of thiazole rings is 1. The Bertz CT molecular complexity index is 474. The minimum atomic E-state index is 0.112. The Morgan fingerprint density at radius 2 is 2.00 bits per heavy atom. The second kappa shape index (κ2) is 6.47. The van der Waals surface area contributed by atoms with E-state index in [0.717, 1.165) is 19.6 Å². The fourth-order valence-corrected chi connectivity index (χ4v) is 4.99. The predicted octanol–water partition coefficient (Wildman–Crippen LogP) is 3.88. The monoisotopic (exact) mass is 327 g/mol. The molecule has 0 bridgehead atoms. The number of thioether (sulfide) groups is 1. The van der Waals surface area contributed by atoms with Crippen LogP contribution in [0.2, 0.25) is 0 Å². The highest BCUT2D eigenvalue weighted by molar-refractivity contribution is 8.00. The minimum Gasteiger partial charge on any atom is -0.347 e. The van der Waals surface area contributed by atoms with Gasteiger partial charge in [-0.3, -0.25) is 0 Å². The van der Waals surface area contributed by atoms with E-state index in [2.05, 4.69) is 56.6 Å². The van der Waals surface area contributed by atoms with Crippen molar-refractivity contribution in [2.45, 2.75) is 57.7 Å². The highest BCUT2D eigenvalue weighted by Crippen LogP contribution is 2.37. The smallest absolute Gasteiger partial charge is 0.185 e. The maximum absolute atomic E-state index is 5.01. The van der Waals surface area contributed by atoms with Gasteiger partial charge in [-0.15, -0.1) is 11.3 Å². The van der Waals surface area contributed by atoms with Crippen molar-refractivity contribution in [2.24, 2.45) is 0 Å². The van der Waals surface area contributed by atoms with Crippen molar-refractivity contribution in [1.82, 2.24) is 10.3 Å². The standard InChI is InChI=1S/C16H29N3S2/c1-15(2,3)13-12(11-17-6)21-14(18-13)19-8-7-16(4,5)20-10-9-19/h17H,7-11H2,1-6H3. The molecule has 1 aliphatic rings. The zero-order valence-electron chi connectivity index (χ0n) is 14.2. The number of hydrogen-bond acceptors (Lipinski definition) is 5. The van der Waals surface area contributed by atoms with Crippen molar-refractivity contribution in [1.29, 1.82) is 0 Å². The summed E-state index contributed by atoms with van der Waals surface area (Å²) in [6.07, 6.45) is 1.23. The molecule has 0 aromatic carbocycles. The molecule has 1 saturated heterocycles. The zero-order chi connectivity index (χ0) is 15.7. The van der Waals surface area contributed by atoms with Crippen LogP contribution in [0.5, 0.6) is 0 Å². The normalized spacial score (nSPS) is 19.6. The lowest BCUT2D eigenvalue weighted by Crippen LogP contribution is -2.27. The molecule has 120 valence electrons. The molecular weight excluding hydrogens is 298 g/mol. The molecule has 5 heteroatoms. The van der Waals surface area contributed by atoms with Crippen LogP contribution in [0.25, 0.3) is 0 Å². The van der Waals surface area contributed by atoms with E-state index in [1.165, 1.54) is 27.9 Å². The minimum absolute atomic E-state index is 0.112. The molecular formula is C16H29N3S2. The Labute approximate surface area is 137 Å². The van der Waals surface area contributed by atoms with E-state index in [1.807, 2.05) is 18.4 Å². The fraction of sp³-hybridized carbons (Fsp3) is 0.812. The molecule has 1 aromatic rings. The first-order valence-electron chi connectivity index (χ1n) is 7.76. The van der Waals surface area contributed by atoms with Gasteiger partial charge in [-0.1, -0.05) is 34.6 Å². The van der Waals surface area contributed by atoms with Gasteiger partial charge in [0.25, 0.3) is 0 Å². The van der Waals surface area contributed by atoms with Gasteiger partial charge in [-0.25, -0.2) is 4.98 Å². The predicted molar refractivity (Wildman–Crippen MR) is 96.9 cm³/mol. The van der Waals surface area contributed by atoms with Crippen LogP contribution < -0.4 is 10.2 Å². The van der Waals surface area contributed by atoms with Crippen LogP contribution in [-0.4, -0.2) is 35.6 Å². The molecule has 0 spiro atoms. The molecule has 0 saturated carbocycles. The first-order valence-corrected chi connectivity index (χ1v) is 9.57. The lowest BCUT2D eigenvalue weighted by Gasteiger charge is -2.22. The maximum Gasteiger partial charge on any atom is 0.185 e. The van der Waals surface area contributed by atoms with E-state index in [1.54, 1.807) is 0 Å². The molecule has 0 unspecified atom stereocenters. The summed E-state index contributed by atoms with van der Waals surface area (Å²) in [4.78, 5) is 8.88. The summed E-state index contributed by atoms with van der Waals surface area (Å²) >= 11 is 3.96. The van der Waals surface area contributed by atoms with Crippen molar-refractivity contribution in [2.75, 3.05) is 30.8 Å². The van der Waals surface area contributed by atoms with Gasteiger partial charge in [0.15, 0.2) is 5.13 Å². The van der Waals surface area contributed by atoms with Gasteiger partial charge in [0.05, 0.1) is 5.69 Å². The average Bonchev–Trinajstić information content (AvgIpc) is 2.69. The SMILES string of the molecule is CNCc1sc(N2CCSC(C)(C)CC2)nc1C(C)(C)C. The number of hydrogen-bond donors (Lipinski definition) is 1. The quantitative estimate of drug-likeness (QED) is 0.912. The van der Waals surface area contributed by atoms with Gasteiger partial charge in [0, 0.05) is 40.4 Å². The van der Waals surface area contributed by atoms with Crippen molar-refractivity contribution in [3.8, 4) is 0 Å². The summed E-state index contributed by atoms with van der Waals surface area (Å²) in [5, 5.41) is 4.50. The number of anilines is 1. The highest BCUT2D eigenvalue weighted by atomic mass is 32.2. The van der Waals surface area contributed by atoms with Crippen LogP contribution in [0, 0.1) is 0 Å². The molecule has 1 aliphatic heterocycles. The molecule has 2 rings (SSSR count). The molecule has 0 radical (unpaired) electrons. The number of aromatic nitrogens is 1. The highest BCUT2D eigenvalue weighted by Gasteiger charge is 2.28. The molecule has 1 N–H and O–H groups in total. The first kappa shape index (κ1) is 17.1. The van der Waals surface area contributed by atoms with Crippen LogP contribution >= 0.6 is 23.1 Å². The summed E-state index contributed by atoms with van der Waals surface area (Å²) in [6.45, 7) is 14.6. The maximum atomic E-state index is 5.01. The molecule has 0 amide bonds. The van der Waals surface area contributed by atoms with Gasteiger partial charge in [0.1, 0.15) is 0 Å². The second-order valence-electron chi connectivity index (χ2n) is 7.39. The summed E-state index contributed by atoms with van der Waals surface area (Å²) in [7, 11) is 2.01. The van der Waals surface area contributed by atoms with Crippen LogP contribution in [0.1, 0.15) is 51.6 Å². The first-order chi connectivity index (χ1) is 9.73. The Morgan fingerprint density at radius 3 is 2.62 bits per heavy atom. The molecule has 21 heavy (non-hydrogen) atoms. The average molecular weight is 328 g/mol. The Kier molecular flexibility index (Phi) is 5.27. The summed E-state index contributed by atoms with van der Waals surface area (Å²) < 4.78 is 0.396. The van der Waals surface area contributed by atoms with Gasteiger partial charge in [-0.05, 0) is 13.5 Å². The third-order valence-electron chi connectivity index (χ3n) is 3.84. The van der Waals surface area contributed by atoms with Gasteiger partial charge in [-0.2, -0.15) is 11.8 Å². The van der Waals surface area contributed by atoms with Gasteiger partial charge in [0.2, 0.25) is 0 Å². The molecule has 1 fully saturated rings. The fourth-order valence-electron chi connectivity index (χ4n) is 2.55. The van der Waals surface area contributed by atoms with Crippen LogP contribution in [-0.2, 0) is 12.0 Å². The molecule has 1 aromatic heterocycles. The van der Waals surface area contributed by atoms with Crippen LogP contribution in [0.15, 0.2) is 0 Å². The summed E-state index contributed by atoms with van der Waals surface area (Å²) in [5.41, 5.74) is 1.37. The van der Waals surface area contributed by atoms with E-state index < -0.39 is 0 Å². The van der Waals surface area contributed by atoms with Gasteiger partial charge >= 0.3 is 0 Å². The largest absolute Gasteiger partial charge is 0.347 e. The van der Waals surface area contributed by atoms with Crippen molar-refractivity contribution < 1.29 is 0 Å². The van der Waals surface area contributed by atoms with E-state index in [9.17, 15) is 0 Å². The number of nitrogens with one attached hydrogen (secondary N) is 1. The van der Waals surface area contributed by atoms with Crippen molar-refractivity contribution in [3.63, 3.8) is 0 Å². The number of rotatable bonds is 3. The topological polar surface area (TPSA) is 28.2 Å². The van der Waals surface area contributed by atoms with E-state index >= 15 is 0 Å². The van der Waals surface area contributed by atoms with E-state index in [4.69, 9.17) is 4.98 Å². The van der Waals surface area contributed by atoms with Crippen LogP contribution in [0.3, 0.4) is 0 Å². The Morgan fingerprint density at radius 1 is 1.29 bits per heavy atom.